The van der Waals surface area contributed by atoms with E-state index in [9.17, 15) is 0 Å². The van der Waals surface area contributed by atoms with Gasteiger partial charge in [0.2, 0.25) is 0 Å². The van der Waals surface area contributed by atoms with Crippen LogP contribution in [0.25, 0.3) is 12.2 Å². The number of fused-ring (bicyclic) bond motifs is 2. The molecule has 116 valence electrons. The SMILES string of the molecule is Cc1ccc(C)c2c1C=CC2SC1C=Cc2c(C)ccc(C)c21. The van der Waals surface area contributed by atoms with Crippen molar-refractivity contribution in [3.05, 3.63) is 80.9 Å². The van der Waals surface area contributed by atoms with Crippen molar-refractivity contribution in [1.29, 1.82) is 0 Å². The number of hydrogen-bond acceptors (Lipinski definition) is 1. The molecule has 1 heteroatoms. The largest absolute Gasteiger partial charge is 0.137 e. The second kappa shape index (κ2) is 5.42. The van der Waals surface area contributed by atoms with E-state index >= 15 is 0 Å². The van der Waals surface area contributed by atoms with Crippen LogP contribution in [-0.2, 0) is 0 Å². The Bertz CT molecular complexity index is 783. The fourth-order valence-electron chi connectivity index (χ4n) is 3.85. The number of hydrogen-bond donors (Lipinski definition) is 0. The van der Waals surface area contributed by atoms with Crippen LogP contribution in [0.2, 0.25) is 0 Å². The molecule has 0 N–H and O–H groups in total. The van der Waals surface area contributed by atoms with Gasteiger partial charge in [0.25, 0.3) is 0 Å². The number of rotatable bonds is 2. The van der Waals surface area contributed by atoms with Crippen molar-refractivity contribution in [2.24, 2.45) is 0 Å². The van der Waals surface area contributed by atoms with E-state index in [1.807, 2.05) is 0 Å². The molecule has 2 unspecified atom stereocenters. The molecule has 0 spiro atoms. The van der Waals surface area contributed by atoms with Crippen LogP contribution in [0.15, 0.2) is 36.4 Å². The van der Waals surface area contributed by atoms with E-state index in [4.69, 9.17) is 0 Å². The normalized spacial score (nSPS) is 20.9. The molecule has 0 bridgehead atoms. The Morgan fingerprint density at radius 3 is 1.43 bits per heavy atom. The van der Waals surface area contributed by atoms with Crippen LogP contribution < -0.4 is 0 Å². The lowest BCUT2D eigenvalue weighted by atomic mass is 9.99. The molecule has 0 fully saturated rings. The van der Waals surface area contributed by atoms with E-state index in [-0.39, 0.29) is 0 Å². The van der Waals surface area contributed by atoms with Crippen molar-refractivity contribution in [1.82, 2.24) is 0 Å². The molecule has 2 aromatic carbocycles. The summed E-state index contributed by atoms with van der Waals surface area (Å²) in [5.74, 6) is 0. The summed E-state index contributed by atoms with van der Waals surface area (Å²) in [5, 5.41) is 0.927. The zero-order chi connectivity index (χ0) is 16.1. The molecule has 0 nitrogen and oxygen atoms in total. The summed E-state index contributed by atoms with van der Waals surface area (Å²) in [4.78, 5) is 0. The van der Waals surface area contributed by atoms with Gasteiger partial charge in [-0.05, 0) is 72.2 Å². The van der Waals surface area contributed by atoms with Gasteiger partial charge >= 0.3 is 0 Å². The van der Waals surface area contributed by atoms with Crippen LogP contribution in [0.5, 0.6) is 0 Å². The van der Waals surface area contributed by atoms with Crippen molar-refractivity contribution >= 4 is 23.9 Å². The fourth-order valence-corrected chi connectivity index (χ4v) is 5.40. The number of aryl methyl sites for hydroxylation is 4. The van der Waals surface area contributed by atoms with Gasteiger partial charge in [-0.2, -0.15) is 0 Å². The van der Waals surface area contributed by atoms with Crippen LogP contribution in [0.3, 0.4) is 0 Å². The first kappa shape index (κ1) is 14.8. The summed E-state index contributed by atoms with van der Waals surface area (Å²) in [5.41, 5.74) is 11.5. The maximum atomic E-state index is 2.38. The Hall–Kier alpha value is -1.73. The smallest absolute Gasteiger partial charge is 0.0498 e. The minimum absolute atomic E-state index is 0.463. The topological polar surface area (TPSA) is 0 Å². The van der Waals surface area contributed by atoms with E-state index in [0.29, 0.717) is 10.5 Å². The highest BCUT2D eigenvalue weighted by Gasteiger charge is 2.28. The second-order valence-electron chi connectivity index (χ2n) is 6.75. The third kappa shape index (κ3) is 2.30. The van der Waals surface area contributed by atoms with Gasteiger partial charge in [-0.3, -0.25) is 0 Å². The van der Waals surface area contributed by atoms with Crippen LogP contribution >= 0.6 is 11.8 Å². The quantitative estimate of drug-likeness (QED) is 0.610. The molecular weight excluding hydrogens is 296 g/mol. The third-order valence-electron chi connectivity index (χ3n) is 5.18. The van der Waals surface area contributed by atoms with Gasteiger partial charge < -0.3 is 0 Å². The first-order valence-electron chi connectivity index (χ1n) is 8.28. The van der Waals surface area contributed by atoms with Crippen LogP contribution in [0.1, 0.15) is 55.0 Å². The van der Waals surface area contributed by atoms with E-state index in [1.54, 1.807) is 0 Å². The van der Waals surface area contributed by atoms with Gasteiger partial charge in [0, 0.05) is 10.5 Å². The van der Waals surface area contributed by atoms with Crippen LogP contribution in [0, 0.1) is 27.7 Å². The second-order valence-corrected chi connectivity index (χ2v) is 8.04. The van der Waals surface area contributed by atoms with Gasteiger partial charge in [0.05, 0.1) is 0 Å². The lowest BCUT2D eigenvalue weighted by Crippen LogP contribution is -2.00. The molecule has 0 radical (unpaired) electrons. The Labute approximate surface area is 143 Å². The monoisotopic (exact) mass is 318 g/mol. The highest BCUT2D eigenvalue weighted by atomic mass is 32.2. The van der Waals surface area contributed by atoms with Crippen LogP contribution in [0.4, 0.5) is 0 Å². The molecule has 0 aliphatic heterocycles. The average molecular weight is 318 g/mol. The molecule has 0 amide bonds. The van der Waals surface area contributed by atoms with Crippen molar-refractivity contribution in [3.63, 3.8) is 0 Å². The standard InChI is InChI=1S/C22H22S/c1-13-5-7-15(3)21-17(13)9-11-19(21)23-20-12-10-18-14(2)6-8-16(4)22(18)20/h5-12,19-20H,1-4H3. The molecule has 4 rings (SSSR count). The van der Waals surface area contributed by atoms with Crippen molar-refractivity contribution in [3.8, 4) is 0 Å². The summed E-state index contributed by atoms with van der Waals surface area (Å²) in [6.07, 6.45) is 9.40. The fraction of sp³-hybridized carbons (Fsp3) is 0.273. The molecule has 0 saturated carbocycles. The molecule has 2 aliphatic carbocycles. The Morgan fingerprint density at radius 1 is 0.609 bits per heavy atom. The van der Waals surface area contributed by atoms with Gasteiger partial charge in [0.1, 0.15) is 0 Å². The summed E-state index contributed by atoms with van der Waals surface area (Å²) in [6, 6.07) is 9.01. The number of thioether (sulfide) groups is 1. The minimum atomic E-state index is 0.463. The molecule has 2 aliphatic rings. The van der Waals surface area contributed by atoms with Crippen molar-refractivity contribution < 1.29 is 0 Å². The maximum Gasteiger partial charge on any atom is 0.0498 e. The zero-order valence-corrected chi connectivity index (χ0v) is 15.0. The average Bonchev–Trinajstić information content (AvgIpc) is 3.14. The summed E-state index contributed by atoms with van der Waals surface area (Å²) in [6.45, 7) is 8.92. The summed E-state index contributed by atoms with van der Waals surface area (Å²) >= 11 is 2.07. The van der Waals surface area contributed by atoms with E-state index in [2.05, 4.69) is 88.0 Å². The van der Waals surface area contributed by atoms with E-state index < -0.39 is 0 Å². The molecule has 0 heterocycles. The van der Waals surface area contributed by atoms with Gasteiger partial charge in [-0.15, -0.1) is 11.8 Å². The van der Waals surface area contributed by atoms with E-state index in [0.717, 1.165) is 0 Å². The molecule has 0 saturated heterocycles. The molecular formula is C22H22S. The zero-order valence-electron chi connectivity index (χ0n) is 14.2. The molecule has 2 aromatic rings. The molecule has 2 atom stereocenters. The van der Waals surface area contributed by atoms with Gasteiger partial charge in [-0.1, -0.05) is 48.6 Å². The third-order valence-corrected chi connectivity index (χ3v) is 6.56. The van der Waals surface area contributed by atoms with Gasteiger partial charge in [-0.25, -0.2) is 0 Å². The van der Waals surface area contributed by atoms with Gasteiger partial charge in [0.15, 0.2) is 0 Å². The number of benzene rings is 2. The van der Waals surface area contributed by atoms with E-state index in [1.165, 1.54) is 44.5 Å². The van der Waals surface area contributed by atoms with Crippen molar-refractivity contribution in [2.45, 2.75) is 38.2 Å². The Morgan fingerprint density at radius 2 is 1.00 bits per heavy atom. The highest BCUT2D eigenvalue weighted by Crippen LogP contribution is 2.51. The summed E-state index contributed by atoms with van der Waals surface area (Å²) in [7, 11) is 0. The molecule has 23 heavy (non-hydrogen) atoms. The first-order chi connectivity index (χ1) is 11.1. The highest BCUT2D eigenvalue weighted by molar-refractivity contribution is 8.00. The first-order valence-corrected chi connectivity index (χ1v) is 9.22. The maximum absolute atomic E-state index is 2.38. The van der Waals surface area contributed by atoms with Crippen LogP contribution in [-0.4, -0.2) is 0 Å². The predicted molar refractivity (Wildman–Crippen MR) is 103 cm³/mol. The van der Waals surface area contributed by atoms with Crippen molar-refractivity contribution in [2.75, 3.05) is 0 Å². The molecule has 0 aromatic heterocycles. The predicted octanol–water partition coefficient (Wildman–Crippen LogP) is 6.49. The summed E-state index contributed by atoms with van der Waals surface area (Å²) < 4.78 is 0. The Kier molecular flexibility index (Phi) is 3.50. The Balaban J connectivity index is 1.70. The lowest BCUT2D eigenvalue weighted by molar-refractivity contribution is 1.14. The lowest BCUT2D eigenvalue weighted by Gasteiger charge is -2.20. The minimum Gasteiger partial charge on any atom is -0.137 e.